The topological polar surface area (TPSA) is 50.4 Å². The molecular formula is C22H22N2O2. The molecule has 26 heavy (non-hydrogen) atoms. The van der Waals surface area contributed by atoms with E-state index in [1.807, 2.05) is 91.9 Å². The molecule has 0 aliphatic carbocycles. The van der Waals surface area contributed by atoms with Crippen molar-refractivity contribution in [2.24, 2.45) is 0 Å². The van der Waals surface area contributed by atoms with Gasteiger partial charge in [0.1, 0.15) is 11.8 Å². The molecule has 4 heteroatoms. The first-order valence-electron chi connectivity index (χ1n) is 8.67. The van der Waals surface area contributed by atoms with Crippen molar-refractivity contribution in [3.8, 4) is 5.75 Å². The van der Waals surface area contributed by atoms with Gasteiger partial charge in [-0.1, -0.05) is 60.7 Å². The molecule has 4 nitrogen and oxygen atoms in total. The number of rotatable bonds is 7. The largest absolute Gasteiger partial charge is 0.492 e. The molecule has 2 N–H and O–H groups in total. The summed E-state index contributed by atoms with van der Waals surface area (Å²) in [7, 11) is 0. The summed E-state index contributed by atoms with van der Waals surface area (Å²) in [6.07, 6.45) is 0. The zero-order chi connectivity index (χ0) is 18.2. The average molecular weight is 346 g/mol. The van der Waals surface area contributed by atoms with Crippen LogP contribution in [-0.2, 0) is 4.79 Å². The van der Waals surface area contributed by atoms with E-state index in [0.717, 1.165) is 11.3 Å². The number of para-hydroxylation sites is 3. The molecule has 0 aromatic heterocycles. The highest BCUT2D eigenvalue weighted by Crippen LogP contribution is 2.26. The Morgan fingerprint density at radius 2 is 1.50 bits per heavy atom. The van der Waals surface area contributed by atoms with E-state index in [0.29, 0.717) is 18.0 Å². The first-order chi connectivity index (χ1) is 12.8. The zero-order valence-electron chi connectivity index (χ0n) is 14.7. The number of nitrogens with one attached hydrogen (secondary N) is 2. The lowest BCUT2D eigenvalue weighted by Crippen LogP contribution is -2.27. The lowest BCUT2D eigenvalue weighted by molar-refractivity contribution is -0.117. The Balaban J connectivity index is 1.86. The van der Waals surface area contributed by atoms with Gasteiger partial charge in [-0.15, -0.1) is 0 Å². The zero-order valence-corrected chi connectivity index (χ0v) is 14.7. The minimum atomic E-state index is -0.520. The first kappa shape index (κ1) is 17.5. The number of carbonyl (C=O) groups excluding carboxylic acids is 1. The van der Waals surface area contributed by atoms with Crippen LogP contribution in [0.25, 0.3) is 0 Å². The van der Waals surface area contributed by atoms with E-state index >= 15 is 0 Å². The molecule has 0 heterocycles. The number of carbonyl (C=O) groups is 1. The number of ether oxygens (including phenoxy) is 1. The summed E-state index contributed by atoms with van der Waals surface area (Å²) in [6, 6.07) is 26.3. The number of benzene rings is 3. The number of hydrogen-bond acceptors (Lipinski definition) is 3. The smallest absolute Gasteiger partial charge is 0.251 e. The van der Waals surface area contributed by atoms with E-state index in [-0.39, 0.29) is 5.91 Å². The molecule has 3 aromatic rings. The molecule has 1 amide bonds. The molecule has 0 spiro atoms. The third-order valence-corrected chi connectivity index (χ3v) is 3.92. The maximum absolute atomic E-state index is 13.0. The Labute approximate surface area is 153 Å². The SMILES string of the molecule is CCOc1ccccc1NC(=O)C(Nc1ccccc1)c1ccccc1. The van der Waals surface area contributed by atoms with Crippen LogP contribution in [0.4, 0.5) is 11.4 Å². The second kappa shape index (κ2) is 8.72. The number of amides is 1. The van der Waals surface area contributed by atoms with Gasteiger partial charge in [-0.2, -0.15) is 0 Å². The predicted molar refractivity (Wildman–Crippen MR) is 105 cm³/mol. The van der Waals surface area contributed by atoms with Gasteiger partial charge in [-0.3, -0.25) is 4.79 Å². The molecule has 0 saturated carbocycles. The Morgan fingerprint density at radius 1 is 0.885 bits per heavy atom. The van der Waals surface area contributed by atoms with Crippen LogP contribution < -0.4 is 15.4 Å². The van der Waals surface area contributed by atoms with Crippen LogP contribution in [0, 0.1) is 0 Å². The first-order valence-corrected chi connectivity index (χ1v) is 8.67. The second-order valence-corrected chi connectivity index (χ2v) is 5.77. The summed E-state index contributed by atoms with van der Waals surface area (Å²) in [5.74, 6) is 0.516. The fourth-order valence-electron chi connectivity index (χ4n) is 2.70. The van der Waals surface area contributed by atoms with Crippen molar-refractivity contribution in [2.45, 2.75) is 13.0 Å². The van der Waals surface area contributed by atoms with Gasteiger partial charge in [0.05, 0.1) is 12.3 Å². The molecule has 1 unspecified atom stereocenters. The molecular weight excluding hydrogens is 324 g/mol. The number of hydrogen-bond donors (Lipinski definition) is 2. The Bertz CT molecular complexity index is 835. The third kappa shape index (κ3) is 4.42. The quantitative estimate of drug-likeness (QED) is 0.641. The van der Waals surface area contributed by atoms with Gasteiger partial charge in [0.25, 0.3) is 5.91 Å². The van der Waals surface area contributed by atoms with Gasteiger partial charge in [-0.05, 0) is 36.8 Å². The second-order valence-electron chi connectivity index (χ2n) is 5.77. The van der Waals surface area contributed by atoms with E-state index in [4.69, 9.17) is 4.74 Å². The minimum Gasteiger partial charge on any atom is -0.492 e. The van der Waals surface area contributed by atoms with E-state index in [2.05, 4.69) is 10.6 Å². The highest BCUT2D eigenvalue weighted by Gasteiger charge is 2.21. The third-order valence-electron chi connectivity index (χ3n) is 3.92. The number of anilines is 2. The van der Waals surface area contributed by atoms with Crippen LogP contribution in [0.15, 0.2) is 84.9 Å². The van der Waals surface area contributed by atoms with Gasteiger partial charge >= 0.3 is 0 Å². The predicted octanol–water partition coefficient (Wildman–Crippen LogP) is 4.88. The van der Waals surface area contributed by atoms with Crippen molar-refractivity contribution >= 4 is 17.3 Å². The minimum absolute atomic E-state index is 0.146. The molecule has 3 rings (SSSR count). The van der Waals surface area contributed by atoms with Crippen molar-refractivity contribution in [3.63, 3.8) is 0 Å². The molecule has 0 bridgehead atoms. The average Bonchev–Trinajstić information content (AvgIpc) is 2.69. The van der Waals surface area contributed by atoms with Gasteiger partial charge in [0, 0.05) is 5.69 Å². The Hall–Kier alpha value is -3.27. The van der Waals surface area contributed by atoms with Crippen molar-refractivity contribution in [2.75, 3.05) is 17.2 Å². The maximum atomic E-state index is 13.0. The Kier molecular flexibility index (Phi) is 5.88. The molecule has 132 valence electrons. The molecule has 1 atom stereocenters. The van der Waals surface area contributed by atoms with E-state index in [9.17, 15) is 4.79 Å². The molecule has 3 aromatic carbocycles. The molecule has 0 fully saturated rings. The normalized spacial score (nSPS) is 11.4. The molecule has 0 saturated heterocycles. The summed E-state index contributed by atoms with van der Waals surface area (Å²) < 4.78 is 5.61. The monoisotopic (exact) mass is 346 g/mol. The van der Waals surface area contributed by atoms with Crippen molar-refractivity contribution in [3.05, 3.63) is 90.5 Å². The highest BCUT2D eigenvalue weighted by molar-refractivity contribution is 5.98. The van der Waals surface area contributed by atoms with Crippen molar-refractivity contribution in [1.82, 2.24) is 0 Å². The van der Waals surface area contributed by atoms with Crippen LogP contribution in [0.2, 0.25) is 0 Å². The lowest BCUT2D eigenvalue weighted by atomic mass is 10.1. The van der Waals surface area contributed by atoms with E-state index in [1.165, 1.54) is 0 Å². The van der Waals surface area contributed by atoms with Crippen molar-refractivity contribution < 1.29 is 9.53 Å². The van der Waals surface area contributed by atoms with Crippen LogP contribution in [-0.4, -0.2) is 12.5 Å². The van der Waals surface area contributed by atoms with Crippen molar-refractivity contribution in [1.29, 1.82) is 0 Å². The van der Waals surface area contributed by atoms with Crippen LogP contribution in [0.1, 0.15) is 18.5 Å². The molecule has 0 aliphatic heterocycles. The highest BCUT2D eigenvalue weighted by atomic mass is 16.5. The van der Waals surface area contributed by atoms with Gasteiger partial charge in [-0.25, -0.2) is 0 Å². The lowest BCUT2D eigenvalue weighted by Gasteiger charge is -2.21. The van der Waals surface area contributed by atoms with Crippen LogP contribution in [0.5, 0.6) is 5.75 Å². The summed E-state index contributed by atoms with van der Waals surface area (Å²) in [4.78, 5) is 13.0. The summed E-state index contributed by atoms with van der Waals surface area (Å²) in [5, 5.41) is 6.30. The fraction of sp³-hybridized carbons (Fsp3) is 0.136. The van der Waals surface area contributed by atoms with Gasteiger partial charge in [0.15, 0.2) is 0 Å². The van der Waals surface area contributed by atoms with Gasteiger partial charge < -0.3 is 15.4 Å². The van der Waals surface area contributed by atoms with Crippen LogP contribution >= 0.6 is 0 Å². The van der Waals surface area contributed by atoms with E-state index in [1.54, 1.807) is 0 Å². The Morgan fingerprint density at radius 3 is 2.19 bits per heavy atom. The van der Waals surface area contributed by atoms with Gasteiger partial charge in [0.2, 0.25) is 0 Å². The summed E-state index contributed by atoms with van der Waals surface area (Å²) in [6.45, 7) is 2.46. The summed E-state index contributed by atoms with van der Waals surface area (Å²) >= 11 is 0. The fourth-order valence-corrected chi connectivity index (χ4v) is 2.70. The molecule has 0 radical (unpaired) electrons. The van der Waals surface area contributed by atoms with Crippen LogP contribution in [0.3, 0.4) is 0 Å². The van der Waals surface area contributed by atoms with E-state index < -0.39 is 6.04 Å². The standard InChI is InChI=1S/C22H22N2O2/c1-2-26-20-16-10-9-15-19(20)24-22(25)21(17-11-5-3-6-12-17)23-18-13-7-4-8-14-18/h3-16,21,23H,2H2,1H3,(H,24,25). The summed E-state index contributed by atoms with van der Waals surface area (Å²) in [5.41, 5.74) is 2.44. The molecule has 0 aliphatic rings. The maximum Gasteiger partial charge on any atom is 0.251 e.